The maximum Gasteiger partial charge on any atom is 0.416 e. The monoisotopic (exact) mass is 325 g/mol. The highest BCUT2D eigenvalue weighted by Crippen LogP contribution is 2.31. The molecular formula is C18H22F3NO. The summed E-state index contributed by atoms with van der Waals surface area (Å²) < 4.78 is 43.2. The van der Waals surface area contributed by atoms with Crippen LogP contribution in [0.25, 0.3) is 0 Å². The molecule has 0 heterocycles. The third-order valence-electron chi connectivity index (χ3n) is 3.00. The first-order chi connectivity index (χ1) is 10.9. The molecular weight excluding hydrogens is 303 g/mol. The van der Waals surface area contributed by atoms with Crippen LogP contribution < -0.4 is 10.5 Å². The van der Waals surface area contributed by atoms with Gasteiger partial charge in [-0.2, -0.15) is 13.2 Å². The van der Waals surface area contributed by atoms with E-state index in [1.165, 1.54) is 12.1 Å². The maximum atomic E-state index is 12.5. The standard InChI is InChI=1S/C16H15F3O.C2H7N/c1-2-15(12-6-4-3-5-7-12)20-14-10-8-13(9-11-14)16(17,18)19;1-2-3/h3-11,15H,2H2,1H3;2-3H2,1H3. The molecule has 2 nitrogen and oxygen atoms in total. The Bertz CT molecular complexity index is 553. The fourth-order valence-corrected chi connectivity index (χ4v) is 1.94. The Morgan fingerprint density at radius 2 is 1.48 bits per heavy atom. The van der Waals surface area contributed by atoms with Crippen molar-refractivity contribution in [1.29, 1.82) is 0 Å². The van der Waals surface area contributed by atoms with Gasteiger partial charge in [-0.15, -0.1) is 0 Å². The lowest BCUT2D eigenvalue weighted by atomic mass is 10.1. The van der Waals surface area contributed by atoms with Crippen molar-refractivity contribution in [2.45, 2.75) is 32.5 Å². The van der Waals surface area contributed by atoms with Crippen molar-refractivity contribution in [1.82, 2.24) is 0 Å². The Hall–Kier alpha value is -2.01. The first kappa shape index (κ1) is 19.0. The van der Waals surface area contributed by atoms with Crippen molar-refractivity contribution in [3.8, 4) is 5.75 Å². The normalized spacial score (nSPS) is 12.1. The van der Waals surface area contributed by atoms with Gasteiger partial charge < -0.3 is 10.5 Å². The highest BCUT2D eigenvalue weighted by atomic mass is 19.4. The van der Waals surface area contributed by atoms with Crippen LogP contribution in [0.5, 0.6) is 5.75 Å². The minimum absolute atomic E-state index is 0.159. The van der Waals surface area contributed by atoms with Crippen LogP contribution in [-0.4, -0.2) is 6.54 Å². The lowest BCUT2D eigenvalue weighted by molar-refractivity contribution is -0.137. The summed E-state index contributed by atoms with van der Waals surface area (Å²) in [6.45, 7) is 4.63. The summed E-state index contributed by atoms with van der Waals surface area (Å²) in [5.74, 6) is 0.439. The van der Waals surface area contributed by atoms with E-state index in [-0.39, 0.29) is 6.10 Å². The van der Waals surface area contributed by atoms with Gasteiger partial charge in [0.1, 0.15) is 11.9 Å². The molecule has 0 saturated carbocycles. The Balaban J connectivity index is 0.000000816. The lowest BCUT2D eigenvalue weighted by Gasteiger charge is -2.18. The highest BCUT2D eigenvalue weighted by molar-refractivity contribution is 5.30. The van der Waals surface area contributed by atoms with E-state index in [1.807, 2.05) is 44.2 Å². The molecule has 0 fully saturated rings. The van der Waals surface area contributed by atoms with Gasteiger partial charge in [-0.1, -0.05) is 44.2 Å². The summed E-state index contributed by atoms with van der Waals surface area (Å²) in [5.41, 5.74) is 5.19. The molecule has 1 atom stereocenters. The summed E-state index contributed by atoms with van der Waals surface area (Å²) >= 11 is 0. The SMILES string of the molecule is CCC(Oc1ccc(C(F)(F)F)cc1)c1ccccc1.CCN. The molecule has 0 radical (unpaired) electrons. The van der Waals surface area contributed by atoms with Gasteiger partial charge in [-0.25, -0.2) is 0 Å². The molecule has 2 aromatic carbocycles. The van der Waals surface area contributed by atoms with E-state index in [0.717, 1.165) is 30.7 Å². The molecule has 23 heavy (non-hydrogen) atoms. The van der Waals surface area contributed by atoms with Gasteiger partial charge >= 0.3 is 6.18 Å². The van der Waals surface area contributed by atoms with Crippen LogP contribution in [0, 0.1) is 0 Å². The van der Waals surface area contributed by atoms with Crippen LogP contribution in [0.2, 0.25) is 0 Å². The summed E-state index contributed by atoms with van der Waals surface area (Å²) in [6, 6.07) is 14.4. The Morgan fingerprint density at radius 3 is 1.91 bits per heavy atom. The van der Waals surface area contributed by atoms with Crippen LogP contribution in [0.4, 0.5) is 13.2 Å². The number of rotatable bonds is 4. The molecule has 0 aliphatic heterocycles. The third kappa shape index (κ3) is 6.32. The van der Waals surface area contributed by atoms with E-state index in [1.54, 1.807) is 0 Å². The van der Waals surface area contributed by atoms with Crippen molar-refractivity contribution in [2.24, 2.45) is 5.73 Å². The van der Waals surface area contributed by atoms with Crippen molar-refractivity contribution >= 4 is 0 Å². The number of benzene rings is 2. The first-order valence-electron chi connectivity index (χ1n) is 7.51. The molecule has 0 saturated heterocycles. The highest BCUT2D eigenvalue weighted by Gasteiger charge is 2.30. The number of nitrogens with two attached hydrogens (primary N) is 1. The molecule has 0 spiro atoms. The minimum Gasteiger partial charge on any atom is -0.486 e. The van der Waals surface area contributed by atoms with Gasteiger partial charge in [-0.05, 0) is 42.8 Å². The molecule has 0 aliphatic carbocycles. The largest absolute Gasteiger partial charge is 0.486 e. The Kier molecular flexibility index (Phi) is 7.62. The summed E-state index contributed by atoms with van der Waals surface area (Å²) in [5, 5.41) is 0. The molecule has 0 aliphatic rings. The van der Waals surface area contributed by atoms with E-state index in [9.17, 15) is 13.2 Å². The van der Waals surface area contributed by atoms with E-state index in [4.69, 9.17) is 10.5 Å². The topological polar surface area (TPSA) is 35.2 Å². The molecule has 2 N–H and O–H groups in total. The van der Waals surface area contributed by atoms with Gasteiger partial charge in [0.15, 0.2) is 0 Å². The lowest BCUT2D eigenvalue weighted by Crippen LogP contribution is -2.07. The molecule has 5 heteroatoms. The molecule has 0 amide bonds. The van der Waals surface area contributed by atoms with E-state index < -0.39 is 11.7 Å². The first-order valence-corrected chi connectivity index (χ1v) is 7.51. The molecule has 126 valence electrons. The second-order valence-corrected chi connectivity index (χ2v) is 4.86. The van der Waals surface area contributed by atoms with Crippen LogP contribution in [-0.2, 0) is 6.18 Å². The van der Waals surface area contributed by atoms with Crippen LogP contribution in [0.15, 0.2) is 54.6 Å². The van der Waals surface area contributed by atoms with Gasteiger partial charge in [-0.3, -0.25) is 0 Å². The third-order valence-corrected chi connectivity index (χ3v) is 3.00. The molecule has 2 rings (SSSR count). The Morgan fingerprint density at radius 1 is 0.957 bits per heavy atom. The van der Waals surface area contributed by atoms with Gasteiger partial charge in [0, 0.05) is 0 Å². The fourth-order valence-electron chi connectivity index (χ4n) is 1.94. The number of ether oxygens (including phenoxy) is 1. The maximum absolute atomic E-state index is 12.5. The van der Waals surface area contributed by atoms with Crippen LogP contribution >= 0.6 is 0 Å². The van der Waals surface area contributed by atoms with E-state index in [2.05, 4.69) is 0 Å². The summed E-state index contributed by atoms with van der Waals surface area (Å²) in [7, 11) is 0. The zero-order chi connectivity index (χ0) is 17.3. The van der Waals surface area contributed by atoms with E-state index in [0.29, 0.717) is 5.75 Å². The summed E-state index contributed by atoms with van der Waals surface area (Å²) in [6.07, 6.45) is -3.74. The predicted octanol–water partition coefficient (Wildman–Crippen LogP) is 5.20. The van der Waals surface area contributed by atoms with Crippen LogP contribution in [0.1, 0.15) is 37.5 Å². The average Bonchev–Trinajstić information content (AvgIpc) is 2.54. The zero-order valence-corrected chi connectivity index (χ0v) is 13.3. The van der Waals surface area contributed by atoms with Gasteiger partial charge in [0.25, 0.3) is 0 Å². The zero-order valence-electron chi connectivity index (χ0n) is 13.3. The minimum atomic E-state index is -4.32. The molecule has 1 unspecified atom stereocenters. The van der Waals surface area contributed by atoms with Gasteiger partial charge in [0.2, 0.25) is 0 Å². The second-order valence-electron chi connectivity index (χ2n) is 4.86. The number of alkyl halides is 3. The quantitative estimate of drug-likeness (QED) is 0.838. The molecule has 0 bridgehead atoms. The second kappa shape index (κ2) is 9.20. The predicted molar refractivity (Wildman–Crippen MR) is 86.3 cm³/mol. The van der Waals surface area contributed by atoms with Gasteiger partial charge in [0.05, 0.1) is 5.56 Å². The fraction of sp³-hybridized carbons (Fsp3) is 0.333. The number of halogens is 3. The number of hydrogen-bond acceptors (Lipinski definition) is 2. The smallest absolute Gasteiger partial charge is 0.416 e. The van der Waals surface area contributed by atoms with Crippen molar-refractivity contribution in [3.05, 3.63) is 65.7 Å². The van der Waals surface area contributed by atoms with E-state index >= 15 is 0 Å². The van der Waals surface area contributed by atoms with Crippen LogP contribution in [0.3, 0.4) is 0 Å². The molecule has 0 aromatic heterocycles. The van der Waals surface area contributed by atoms with Crippen molar-refractivity contribution in [3.63, 3.8) is 0 Å². The average molecular weight is 325 g/mol. The Labute approximate surface area is 135 Å². The van der Waals surface area contributed by atoms with Crippen molar-refractivity contribution < 1.29 is 17.9 Å². The van der Waals surface area contributed by atoms with Crippen molar-refractivity contribution in [2.75, 3.05) is 6.54 Å². The summed E-state index contributed by atoms with van der Waals surface area (Å²) in [4.78, 5) is 0. The molecule has 2 aromatic rings. The number of hydrogen-bond donors (Lipinski definition) is 1.